The molecule has 0 aromatic heterocycles. The van der Waals surface area contributed by atoms with Crippen LogP contribution < -0.4 is 5.32 Å². The lowest BCUT2D eigenvalue weighted by atomic mass is 10.0. The van der Waals surface area contributed by atoms with Gasteiger partial charge in [0, 0.05) is 43.7 Å². The molecule has 0 spiro atoms. The minimum Gasteiger partial charge on any atom is -0.368 e. The highest BCUT2D eigenvalue weighted by Crippen LogP contribution is 2.41. The molecule has 3 amide bonds. The molecule has 0 radical (unpaired) electrons. The molecule has 6 nitrogen and oxygen atoms in total. The number of benzene rings is 1. The van der Waals surface area contributed by atoms with Crippen molar-refractivity contribution >= 4 is 23.5 Å². The number of hydrogen-bond donors (Lipinski definition) is 1. The SMILES string of the molecule is Cc1cc(C2CC2NC(=O)N(C)[C@@H]2CCCN(C(=O)[C@@H]3CCCO3)C2)ccc1Cl. The largest absolute Gasteiger partial charge is 0.368 e. The maximum atomic E-state index is 12.8. The summed E-state index contributed by atoms with van der Waals surface area (Å²) in [5.74, 6) is 0.439. The molecule has 1 N–H and O–H groups in total. The van der Waals surface area contributed by atoms with Crippen LogP contribution in [0.5, 0.6) is 0 Å². The van der Waals surface area contributed by atoms with Crippen molar-refractivity contribution in [3.63, 3.8) is 0 Å². The summed E-state index contributed by atoms with van der Waals surface area (Å²) < 4.78 is 5.55. The van der Waals surface area contributed by atoms with Gasteiger partial charge in [-0.1, -0.05) is 23.7 Å². The Bertz CT molecular complexity index is 781. The van der Waals surface area contributed by atoms with E-state index in [-0.39, 0.29) is 30.1 Å². The van der Waals surface area contributed by atoms with E-state index in [0.29, 0.717) is 19.1 Å². The van der Waals surface area contributed by atoms with Gasteiger partial charge in [-0.2, -0.15) is 0 Å². The van der Waals surface area contributed by atoms with Gasteiger partial charge < -0.3 is 19.9 Å². The Kier molecular flexibility index (Phi) is 6.02. The summed E-state index contributed by atoms with van der Waals surface area (Å²) in [6, 6.07) is 6.24. The van der Waals surface area contributed by atoms with Gasteiger partial charge in [-0.3, -0.25) is 4.79 Å². The van der Waals surface area contributed by atoms with E-state index >= 15 is 0 Å². The van der Waals surface area contributed by atoms with Crippen molar-refractivity contribution in [2.24, 2.45) is 0 Å². The van der Waals surface area contributed by atoms with Gasteiger partial charge >= 0.3 is 6.03 Å². The number of halogens is 1. The zero-order valence-corrected chi connectivity index (χ0v) is 18.0. The van der Waals surface area contributed by atoms with Gasteiger partial charge in [-0.15, -0.1) is 0 Å². The maximum absolute atomic E-state index is 12.8. The summed E-state index contributed by atoms with van der Waals surface area (Å²) in [7, 11) is 1.84. The minimum atomic E-state index is -0.289. The number of rotatable bonds is 4. The Morgan fingerprint density at radius 3 is 2.83 bits per heavy atom. The number of nitrogens with zero attached hydrogens (tertiary/aromatic N) is 2. The van der Waals surface area contributed by atoms with E-state index in [1.807, 2.05) is 31.0 Å². The van der Waals surface area contributed by atoms with Crippen LogP contribution in [0.4, 0.5) is 4.79 Å². The van der Waals surface area contributed by atoms with Crippen LogP contribution in [0.2, 0.25) is 5.02 Å². The normalized spacial score (nSPS) is 28.9. The number of likely N-dealkylation sites (tertiary alicyclic amines) is 1. The van der Waals surface area contributed by atoms with Crippen molar-refractivity contribution in [1.29, 1.82) is 0 Å². The first-order chi connectivity index (χ1) is 13.9. The van der Waals surface area contributed by atoms with Crippen LogP contribution in [0.25, 0.3) is 0 Å². The van der Waals surface area contributed by atoms with Crippen molar-refractivity contribution in [3.05, 3.63) is 34.3 Å². The molecule has 1 aliphatic carbocycles. The fraction of sp³-hybridized carbons (Fsp3) is 0.636. The number of ether oxygens (including phenoxy) is 1. The van der Waals surface area contributed by atoms with Gasteiger partial charge in [0.15, 0.2) is 0 Å². The Hall–Kier alpha value is -1.79. The molecule has 3 aliphatic rings. The Balaban J connectivity index is 1.30. The third-order valence-corrected chi connectivity index (χ3v) is 6.91. The van der Waals surface area contributed by atoms with Gasteiger partial charge in [0.05, 0.1) is 6.04 Å². The quantitative estimate of drug-likeness (QED) is 0.814. The second-order valence-electron chi connectivity index (χ2n) is 8.60. The highest BCUT2D eigenvalue weighted by molar-refractivity contribution is 6.31. The lowest BCUT2D eigenvalue weighted by Crippen LogP contribution is -2.54. The summed E-state index contributed by atoms with van der Waals surface area (Å²) in [6.07, 6.45) is 4.26. The number of hydrogen-bond acceptors (Lipinski definition) is 3. The average Bonchev–Trinajstić information content (AvgIpc) is 3.26. The molecule has 1 saturated carbocycles. The van der Waals surface area contributed by atoms with E-state index in [1.165, 1.54) is 5.56 Å². The predicted molar refractivity (Wildman–Crippen MR) is 112 cm³/mol. The molecule has 158 valence electrons. The number of likely N-dealkylation sites (N-methyl/N-ethyl adjacent to an activating group) is 1. The highest BCUT2D eigenvalue weighted by atomic mass is 35.5. The Morgan fingerprint density at radius 1 is 1.28 bits per heavy atom. The number of amides is 3. The van der Waals surface area contributed by atoms with E-state index in [1.54, 1.807) is 4.90 Å². The number of carbonyl (C=O) groups excluding carboxylic acids is 2. The van der Waals surface area contributed by atoms with Crippen molar-refractivity contribution in [2.75, 3.05) is 26.7 Å². The molecule has 3 fully saturated rings. The van der Waals surface area contributed by atoms with E-state index in [2.05, 4.69) is 11.4 Å². The number of nitrogens with one attached hydrogen (secondary N) is 1. The van der Waals surface area contributed by atoms with Crippen LogP contribution in [0.3, 0.4) is 0 Å². The van der Waals surface area contributed by atoms with E-state index in [9.17, 15) is 9.59 Å². The minimum absolute atomic E-state index is 0.0454. The lowest BCUT2D eigenvalue weighted by Gasteiger charge is -2.38. The van der Waals surface area contributed by atoms with Crippen molar-refractivity contribution < 1.29 is 14.3 Å². The first-order valence-corrected chi connectivity index (χ1v) is 11.0. The van der Waals surface area contributed by atoms with E-state index < -0.39 is 0 Å². The molecule has 7 heteroatoms. The number of piperidine rings is 1. The number of carbonyl (C=O) groups is 2. The zero-order valence-electron chi connectivity index (χ0n) is 17.2. The second kappa shape index (κ2) is 8.52. The third-order valence-electron chi connectivity index (χ3n) is 6.49. The van der Waals surface area contributed by atoms with Gasteiger partial charge in [0.1, 0.15) is 6.10 Å². The highest BCUT2D eigenvalue weighted by Gasteiger charge is 2.41. The van der Waals surface area contributed by atoms with Crippen LogP contribution in [-0.2, 0) is 9.53 Å². The molecule has 2 saturated heterocycles. The average molecular weight is 420 g/mol. The number of urea groups is 1. The molecule has 2 aliphatic heterocycles. The summed E-state index contributed by atoms with van der Waals surface area (Å²) in [6.45, 7) is 4.02. The molecular weight excluding hydrogens is 390 g/mol. The van der Waals surface area contributed by atoms with Gasteiger partial charge in [0.25, 0.3) is 5.91 Å². The fourth-order valence-electron chi connectivity index (χ4n) is 4.49. The van der Waals surface area contributed by atoms with Crippen molar-refractivity contribution in [2.45, 2.75) is 63.1 Å². The summed E-state index contributed by atoms with van der Waals surface area (Å²) in [4.78, 5) is 29.1. The summed E-state index contributed by atoms with van der Waals surface area (Å²) in [5, 5.41) is 3.93. The van der Waals surface area contributed by atoms with Crippen molar-refractivity contribution in [3.8, 4) is 0 Å². The van der Waals surface area contributed by atoms with Crippen LogP contribution in [0, 0.1) is 6.92 Å². The van der Waals surface area contributed by atoms with E-state index in [4.69, 9.17) is 16.3 Å². The molecule has 1 aromatic rings. The summed E-state index contributed by atoms with van der Waals surface area (Å²) in [5.41, 5.74) is 2.29. The summed E-state index contributed by atoms with van der Waals surface area (Å²) >= 11 is 6.12. The molecule has 29 heavy (non-hydrogen) atoms. The lowest BCUT2D eigenvalue weighted by molar-refractivity contribution is -0.142. The first kappa shape index (κ1) is 20.5. The molecule has 1 aromatic carbocycles. The maximum Gasteiger partial charge on any atom is 0.317 e. The fourth-order valence-corrected chi connectivity index (χ4v) is 4.61. The van der Waals surface area contributed by atoms with Crippen LogP contribution in [-0.4, -0.2) is 66.7 Å². The number of aryl methyl sites for hydroxylation is 1. The second-order valence-corrected chi connectivity index (χ2v) is 9.01. The monoisotopic (exact) mass is 419 g/mol. The van der Waals surface area contributed by atoms with Crippen molar-refractivity contribution in [1.82, 2.24) is 15.1 Å². The van der Waals surface area contributed by atoms with Crippen LogP contribution in [0.1, 0.15) is 49.1 Å². The standard InChI is InChI=1S/C22H30ClN3O3/c1-14-11-15(7-8-18(14)23)17-12-19(17)24-22(28)25(2)16-5-3-9-26(13-16)21(27)20-6-4-10-29-20/h7-8,11,16-17,19-20H,3-6,9-10,12-13H2,1-2H3,(H,24,28)/t16-,17?,19?,20+/m1/s1. The third kappa shape index (κ3) is 4.53. The smallest absolute Gasteiger partial charge is 0.317 e. The molecular formula is C22H30ClN3O3. The van der Waals surface area contributed by atoms with Crippen LogP contribution in [0.15, 0.2) is 18.2 Å². The van der Waals surface area contributed by atoms with Gasteiger partial charge in [0.2, 0.25) is 0 Å². The first-order valence-electron chi connectivity index (χ1n) is 10.6. The molecule has 0 bridgehead atoms. The molecule has 4 atom stereocenters. The van der Waals surface area contributed by atoms with Gasteiger partial charge in [-0.05, 0) is 56.2 Å². The van der Waals surface area contributed by atoms with Crippen LogP contribution >= 0.6 is 11.6 Å². The molecule has 2 heterocycles. The zero-order chi connectivity index (χ0) is 20.5. The van der Waals surface area contributed by atoms with Gasteiger partial charge in [-0.25, -0.2) is 4.79 Å². The topological polar surface area (TPSA) is 61.9 Å². The Morgan fingerprint density at radius 2 is 2.10 bits per heavy atom. The molecule has 2 unspecified atom stereocenters. The van der Waals surface area contributed by atoms with E-state index in [0.717, 1.165) is 49.2 Å². The molecule has 4 rings (SSSR count). The Labute approximate surface area is 177 Å². The predicted octanol–water partition coefficient (Wildman–Crippen LogP) is 3.32.